The van der Waals surface area contributed by atoms with E-state index in [0.717, 1.165) is 12.8 Å². The molecule has 0 aromatic carbocycles. The van der Waals surface area contributed by atoms with Gasteiger partial charge in [-0.3, -0.25) is 9.59 Å². The van der Waals surface area contributed by atoms with Crippen molar-refractivity contribution in [2.75, 3.05) is 0 Å². The third kappa shape index (κ3) is 6.93. The van der Waals surface area contributed by atoms with Crippen LogP contribution in [0.1, 0.15) is 88.0 Å². The van der Waals surface area contributed by atoms with E-state index in [4.69, 9.17) is 0 Å². The molecule has 2 heteroatoms. The van der Waals surface area contributed by atoms with Gasteiger partial charge in [0.1, 0.15) is 11.6 Å². The number of rotatable bonds is 7. The highest BCUT2D eigenvalue weighted by molar-refractivity contribution is 5.79. The number of Topliss-reactive ketones (excluding diaryl/α,β-unsaturated/α-hetero) is 2. The van der Waals surface area contributed by atoms with E-state index in [-0.39, 0.29) is 22.5 Å². The predicted molar refractivity (Wildman–Crippen MR) is 129 cm³/mol. The summed E-state index contributed by atoms with van der Waals surface area (Å²) in [5.41, 5.74) is 3.46. The van der Waals surface area contributed by atoms with Crippen LogP contribution in [-0.4, -0.2) is 11.6 Å². The Morgan fingerprint density at radius 2 is 1.47 bits per heavy atom. The molecule has 2 aliphatic rings. The first-order valence-electron chi connectivity index (χ1n) is 11.6. The summed E-state index contributed by atoms with van der Waals surface area (Å²) in [7, 11) is 0. The van der Waals surface area contributed by atoms with Crippen molar-refractivity contribution in [2.24, 2.45) is 28.6 Å². The Balaban J connectivity index is 0.000000300. The quantitative estimate of drug-likeness (QED) is 0.402. The van der Waals surface area contributed by atoms with Crippen LogP contribution < -0.4 is 0 Å². The summed E-state index contributed by atoms with van der Waals surface area (Å²) >= 11 is 0. The van der Waals surface area contributed by atoms with Crippen LogP contribution in [-0.2, 0) is 9.59 Å². The molecule has 0 saturated heterocycles. The highest BCUT2D eigenvalue weighted by Gasteiger charge is 2.33. The molecule has 2 rings (SSSR count). The summed E-state index contributed by atoms with van der Waals surface area (Å²) in [6.07, 6.45) is 16.7. The van der Waals surface area contributed by atoms with Crippen molar-refractivity contribution in [3.05, 3.63) is 47.6 Å². The van der Waals surface area contributed by atoms with Gasteiger partial charge in [0.25, 0.3) is 0 Å². The average molecular weight is 413 g/mol. The molecule has 0 aromatic heterocycles. The molecule has 0 aliphatic heterocycles. The number of carbonyl (C=O) groups is 2. The van der Waals surface area contributed by atoms with Crippen LogP contribution in [0.5, 0.6) is 0 Å². The monoisotopic (exact) mass is 412 g/mol. The second kappa shape index (κ2) is 11.1. The molecule has 0 heterocycles. The topological polar surface area (TPSA) is 34.1 Å². The lowest BCUT2D eigenvalue weighted by molar-refractivity contribution is -0.119. The highest BCUT2D eigenvalue weighted by atomic mass is 16.1. The maximum Gasteiger partial charge on any atom is 0.136 e. The zero-order valence-electron chi connectivity index (χ0n) is 20.8. The van der Waals surface area contributed by atoms with Crippen molar-refractivity contribution < 1.29 is 9.59 Å². The number of hydrogen-bond acceptors (Lipinski definition) is 2. The Labute approximate surface area is 185 Å². The van der Waals surface area contributed by atoms with Crippen molar-refractivity contribution >= 4 is 11.6 Å². The maximum absolute atomic E-state index is 11.1. The summed E-state index contributed by atoms with van der Waals surface area (Å²) in [4.78, 5) is 22.3. The highest BCUT2D eigenvalue weighted by Crippen LogP contribution is 2.44. The third-order valence-electron chi connectivity index (χ3n) is 7.62. The molecule has 30 heavy (non-hydrogen) atoms. The molecule has 0 spiro atoms. The SMILES string of the molecule is CC(=O)C(C)/C=C/C1CC=C(C)C1(C)C.CCC(=O)C/C=C/C1CC=C(C)C1(C)C. The Morgan fingerprint density at radius 3 is 1.83 bits per heavy atom. The van der Waals surface area contributed by atoms with Gasteiger partial charge in [-0.05, 0) is 56.3 Å². The van der Waals surface area contributed by atoms with Gasteiger partial charge in [-0.1, -0.05) is 89.1 Å². The molecule has 0 saturated carbocycles. The lowest BCUT2D eigenvalue weighted by Crippen LogP contribution is -2.18. The number of ketones is 2. The van der Waals surface area contributed by atoms with E-state index >= 15 is 0 Å². The summed E-state index contributed by atoms with van der Waals surface area (Å²) in [6.45, 7) is 19.0. The molecule has 0 radical (unpaired) electrons. The van der Waals surface area contributed by atoms with Gasteiger partial charge < -0.3 is 0 Å². The van der Waals surface area contributed by atoms with E-state index in [2.05, 4.69) is 71.9 Å². The summed E-state index contributed by atoms with van der Waals surface area (Å²) in [5, 5.41) is 0. The molecule has 0 fully saturated rings. The van der Waals surface area contributed by atoms with E-state index in [9.17, 15) is 9.59 Å². The van der Waals surface area contributed by atoms with Crippen LogP contribution in [0.2, 0.25) is 0 Å². The van der Waals surface area contributed by atoms with Crippen LogP contribution in [0.15, 0.2) is 47.6 Å². The first-order chi connectivity index (χ1) is 13.8. The van der Waals surface area contributed by atoms with E-state index < -0.39 is 0 Å². The van der Waals surface area contributed by atoms with Crippen molar-refractivity contribution in [2.45, 2.75) is 88.0 Å². The van der Waals surface area contributed by atoms with Gasteiger partial charge in [0.15, 0.2) is 0 Å². The van der Waals surface area contributed by atoms with Crippen LogP contribution in [0.25, 0.3) is 0 Å². The van der Waals surface area contributed by atoms with Crippen molar-refractivity contribution in [1.82, 2.24) is 0 Å². The van der Waals surface area contributed by atoms with Crippen molar-refractivity contribution in [3.63, 3.8) is 0 Å². The third-order valence-corrected chi connectivity index (χ3v) is 7.62. The fourth-order valence-electron chi connectivity index (χ4n) is 3.89. The van der Waals surface area contributed by atoms with Crippen LogP contribution in [0.3, 0.4) is 0 Å². The first-order valence-corrected chi connectivity index (χ1v) is 11.6. The van der Waals surface area contributed by atoms with Gasteiger partial charge in [-0.2, -0.15) is 0 Å². The van der Waals surface area contributed by atoms with Gasteiger partial charge >= 0.3 is 0 Å². The van der Waals surface area contributed by atoms with Gasteiger partial charge in [0.2, 0.25) is 0 Å². The molecule has 0 amide bonds. The minimum Gasteiger partial charge on any atom is -0.299 e. The molecule has 2 nitrogen and oxygen atoms in total. The van der Waals surface area contributed by atoms with Crippen LogP contribution in [0, 0.1) is 28.6 Å². The zero-order chi connectivity index (χ0) is 23.1. The maximum atomic E-state index is 11.1. The molecule has 2 aliphatic carbocycles. The van der Waals surface area contributed by atoms with Gasteiger partial charge in [-0.25, -0.2) is 0 Å². The fourth-order valence-corrected chi connectivity index (χ4v) is 3.89. The Bertz CT molecular complexity index is 726. The smallest absolute Gasteiger partial charge is 0.136 e. The Kier molecular flexibility index (Phi) is 9.72. The molecule has 0 bridgehead atoms. The molecule has 0 N–H and O–H groups in total. The molecule has 3 unspecified atom stereocenters. The predicted octanol–water partition coefficient (Wildman–Crippen LogP) is 7.66. The van der Waals surface area contributed by atoms with Gasteiger partial charge in [0, 0.05) is 18.8 Å². The van der Waals surface area contributed by atoms with Crippen molar-refractivity contribution in [1.29, 1.82) is 0 Å². The van der Waals surface area contributed by atoms with E-state index in [0.29, 0.717) is 30.5 Å². The van der Waals surface area contributed by atoms with E-state index in [1.165, 1.54) is 11.1 Å². The standard InChI is InChI=1S/2C14H22O/c1-10(12(3)15)6-8-13-9-7-11(2)14(13,4)5;1-5-13(15)8-6-7-12-10-9-11(2)14(12,3)4/h6-8,10,13H,9H2,1-5H3;6-7,9,12H,5,8,10H2,1-4H3/b8-6+;7-6+. The lowest BCUT2D eigenvalue weighted by atomic mass is 9.77. The van der Waals surface area contributed by atoms with E-state index in [1.807, 2.05) is 19.9 Å². The Hall–Kier alpha value is -1.70. The summed E-state index contributed by atoms with van der Waals surface area (Å²) < 4.78 is 0. The normalized spacial score (nSPS) is 25.6. The second-order valence-corrected chi connectivity index (χ2v) is 10.2. The summed E-state index contributed by atoms with van der Waals surface area (Å²) in [6, 6.07) is 0. The fraction of sp³-hybridized carbons (Fsp3) is 0.643. The zero-order valence-corrected chi connectivity index (χ0v) is 20.8. The molecule has 0 aromatic rings. The minimum atomic E-state index is 0.0571. The molecular formula is C28H44O2. The van der Waals surface area contributed by atoms with Gasteiger partial charge in [0.05, 0.1) is 0 Å². The van der Waals surface area contributed by atoms with Crippen LogP contribution in [0.4, 0.5) is 0 Å². The number of carbonyl (C=O) groups excluding carboxylic acids is 2. The van der Waals surface area contributed by atoms with E-state index in [1.54, 1.807) is 6.92 Å². The molecule has 3 atom stereocenters. The average Bonchev–Trinajstić information content (AvgIpc) is 3.08. The lowest BCUT2D eigenvalue weighted by Gasteiger charge is -2.27. The molecular weight excluding hydrogens is 368 g/mol. The van der Waals surface area contributed by atoms with Crippen molar-refractivity contribution in [3.8, 4) is 0 Å². The minimum absolute atomic E-state index is 0.0571. The first kappa shape index (κ1) is 26.3. The summed E-state index contributed by atoms with van der Waals surface area (Å²) in [5.74, 6) is 1.75. The largest absolute Gasteiger partial charge is 0.299 e. The molecule has 168 valence electrons. The Morgan fingerprint density at radius 1 is 1.00 bits per heavy atom. The number of hydrogen-bond donors (Lipinski definition) is 0. The second-order valence-electron chi connectivity index (χ2n) is 10.2. The van der Waals surface area contributed by atoms with Gasteiger partial charge in [-0.15, -0.1) is 0 Å². The van der Waals surface area contributed by atoms with Crippen LogP contribution >= 0.6 is 0 Å². The number of allylic oxidation sites excluding steroid dienone is 8.